The van der Waals surface area contributed by atoms with Crippen molar-refractivity contribution in [1.29, 1.82) is 0 Å². The smallest absolute Gasteiger partial charge is 0.338 e. The van der Waals surface area contributed by atoms with Gasteiger partial charge in [0.1, 0.15) is 0 Å². The van der Waals surface area contributed by atoms with Gasteiger partial charge in [-0.3, -0.25) is 10.1 Å². The molecule has 1 aromatic rings. The highest BCUT2D eigenvalue weighted by Gasteiger charge is 2.34. The van der Waals surface area contributed by atoms with Gasteiger partial charge in [0, 0.05) is 11.8 Å². The number of phenols is 1. The van der Waals surface area contributed by atoms with Gasteiger partial charge in [0.15, 0.2) is 5.75 Å². The predicted molar refractivity (Wildman–Crippen MR) is 89.7 cm³/mol. The van der Waals surface area contributed by atoms with E-state index in [-0.39, 0.29) is 35.8 Å². The van der Waals surface area contributed by atoms with E-state index in [1.807, 2.05) is 0 Å². The Morgan fingerprint density at radius 3 is 2.62 bits per heavy atom. The van der Waals surface area contributed by atoms with Gasteiger partial charge in [-0.1, -0.05) is 0 Å². The molecule has 0 spiro atoms. The molecular formula is C16H19N3O7. The van der Waals surface area contributed by atoms with Crippen molar-refractivity contribution in [3.63, 3.8) is 0 Å². The van der Waals surface area contributed by atoms with Crippen LogP contribution in [0.1, 0.15) is 32.4 Å². The first-order valence-corrected chi connectivity index (χ1v) is 7.89. The van der Waals surface area contributed by atoms with E-state index >= 15 is 0 Å². The van der Waals surface area contributed by atoms with Crippen molar-refractivity contribution in [2.45, 2.75) is 26.8 Å². The van der Waals surface area contributed by atoms with Gasteiger partial charge >= 0.3 is 17.7 Å². The van der Waals surface area contributed by atoms with Crippen LogP contribution in [0.15, 0.2) is 23.4 Å². The summed E-state index contributed by atoms with van der Waals surface area (Å²) in [5.74, 6) is -1.42. The van der Waals surface area contributed by atoms with Crippen molar-refractivity contribution in [2.24, 2.45) is 0 Å². The maximum atomic E-state index is 12.3. The lowest BCUT2D eigenvalue weighted by Gasteiger charge is -2.28. The molecule has 10 nitrogen and oxygen atoms in total. The zero-order chi connectivity index (χ0) is 19.4. The number of hydrogen-bond donors (Lipinski definition) is 3. The summed E-state index contributed by atoms with van der Waals surface area (Å²) in [6.07, 6.45) is 0. The summed E-state index contributed by atoms with van der Waals surface area (Å²) in [5, 5.41) is 26.3. The minimum atomic E-state index is -0.999. The number of aromatic hydroxyl groups is 1. The highest BCUT2D eigenvalue weighted by Crippen LogP contribution is 2.40. The predicted octanol–water partition coefficient (Wildman–Crippen LogP) is 1.89. The zero-order valence-corrected chi connectivity index (χ0v) is 14.5. The van der Waals surface area contributed by atoms with Crippen LogP contribution in [0.2, 0.25) is 0 Å². The molecule has 0 saturated carbocycles. The number of amides is 2. The van der Waals surface area contributed by atoms with E-state index in [9.17, 15) is 24.8 Å². The number of nitro groups is 1. The van der Waals surface area contributed by atoms with Crippen molar-refractivity contribution in [3.8, 4) is 11.5 Å². The zero-order valence-electron chi connectivity index (χ0n) is 14.5. The Hall–Kier alpha value is -3.30. The normalized spacial score (nSPS) is 16.6. The molecule has 0 radical (unpaired) electrons. The third kappa shape index (κ3) is 3.68. The van der Waals surface area contributed by atoms with Crippen LogP contribution < -0.4 is 15.4 Å². The molecule has 0 aromatic heterocycles. The topological polar surface area (TPSA) is 140 Å². The number of nitro benzene ring substituents is 1. The van der Waals surface area contributed by atoms with Crippen molar-refractivity contribution in [2.75, 3.05) is 13.2 Å². The van der Waals surface area contributed by atoms with Gasteiger partial charge in [0.05, 0.1) is 29.8 Å². The van der Waals surface area contributed by atoms with E-state index in [0.717, 1.165) is 6.07 Å². The van der Waals surface area contributed by atoms with E-state index in [0.29, 0.717) is 0 Å². The van der Waals surface area contributed by atoms with Crippen LogP contribution in [0.3, 0.4) is 0 Å². The second-order valence-electron chi connectivity index (χ2n) is 5.37. The molecular weight excluding hydrogens is 346 g/mol. The first-order chi connectivity index (χ1) is 12.3. The molecule has 0 fully saturated rings. The largest absolute Gasteiger partial charge is 0.500 e. The standard InChI is InChI=1S/C16H19N3O7/c1-4-25-11-7-9(6-10(14(11)20)19(23)24)13-12(15(21)26-5-2)8(3)17-16(22)18-13/h6-7,13,20H,4-5H2,1-3H3,(H2,17,18,22)/t13-/m0/s1. The molecule has 0 aliphatic carbocycles. The number of ether oxygens (including phenoxy) is 2. The number of nitrogens with zero attached hydrogens (tertiary/aromatic N) is 1. The van der Waals surface area contributed by atoms with E-state index in [2.05, 4.69) is 10.6 Å². The molecule has 1 aliphatic heterocycles. The fourth-order valence-electron chi connectivity index (χ4n) is 2.61. The van der Waals surface area contributed by atoms with Gasteiger partial charge in [-0.05, 0) is 32.4 Å². The fourth-order valence-corrected chi connectivity index (χ4v) is 2.61. The van der Waals surface area contributed by atoms with E-state index in [4.69, 9.17) is 9.47 Å². The monoisotopic (exact) mass is 365 g/mol. The number of benzene rings is 1. The Morgan fingerprint density at radius 2 is 2.04 bits per heavy atom. The Balaban J connectivity index is 2.62. The van der Waals surface area contributed by atoms with E-state index < -0.39 is 34.4 Å². The summed E-state index contributed by atoms with van der Waals surface area (Å²) < 4.78 is 10.3. The quantitative estimate of drug-likeness (QED) is 0.397. The molecule has 1 atom stereocenters. The molecule has 0 bridgehead atoms. The van der Waals surface area contributed by atoms with Crippen LogP contribution >= 0.6 is 0 Å². The van der Waals surface area contributed by atoms with Gasteiger partial charge in [-0.25, -0.2) is 9.59 Å². The van der Waals surface area contributed by atoms with Gasteiger partial charge in [-0.15, -0.1) is 0 Å². The summed E-state index contributed by atoms with van der Waals surface area (Å²) >= 11 is 0. The molecule has 0 unspecified atom stereocenters. The van der Waals surface area contributed by atoms with Crippen LogP contribution in [0.5, 0.6) is 11.5 Å². The molecule has 3 N–H and O–H groups in total. The molecule has 10 heteroatoms. The number of esters is 1. The van der Waals surface area contributed by atoms with Gasteiger partial charge in [-0.2, -0.15) is 0 Å². The van der Waals surface area contributed by atoms with Gasteiger partial charge in [0.25, 0.3) is 0 Å². The summed E-state index contributed by atoms with van der Waals surface area (Å²) in [6, 6.07) is 0.852. The van der Waals surface area contributed by atoms with Crippen molar-refractivity contribution < 1.29 is 29.1 Å². The lowest BCUT2D eigenvalue weighted by Crippen LogP contribution is -2.45. The second-order valence-corrected chi connectivity index (χ2v) is 5.37. The molecule has 2 rings (SSSR count). The number of nitrogens with one attached hydrogen (secondary N) is 2. The Kier molecular flexibility index (Phi) is 5.65. The van der Waals surface area contributed by atoms with Crippen molar-refractivity contribution >= 4 is 17.7 Å². The number of hydrogen-bond acceptors (Lipinski definition) is 7. The highest BCUT2D eigenvalue weighted by atomic mass is 16.6. The molecule has 26 heavy (non-hydrogen) atoms. The number of carbonyl (C=O) groups excluding carboxylic acids is 2. The van der Waals surface area contributed by atoms with Crippen LogP contribution in [0, 0.1) is 10.1 Å². The number of rotatable bonds is 6. The second kappa shape index (κ2) is 7.72. The first kappa shape index (κ1) is 19.0. The number of allylic oxidation sites excluding steroid dienone is 1. The Bertz CT molecular complexity index is 788. The maximum Gasteiger partial charge on any atom is 0.338 e. The molecule has 1 aromatic carbocycles. The number of phenolic OH excluding ortho intramolecular Hbond substituents is 1. The number of carbonyl (C=O) groups is 2. The molecule has 0 saturated heterocycles. The third-order valence-corrected chi connectivity index (χ3v) is 3.67. The minimum absolute atomic E-state index is 0.105. The van der Waals surface area contributed by atoms with Crippen molar-refractivity contribution in [3.05, 3.63) is 39.1 Å². The third-order valence-electron chi connectivity index (χ3n) is 3.67. The Labute approximate surface area is 148 Å². The SMILES string of the molecule is CCOC(=O)C1=C(C)NC(=O)N[C@H]1c1cc(OCC)c(O)c([N+](=O)[O-])c1. The average Bonchev–Trinajstić information content (AvgIpc) is 2.56. The van der Waals surface area contributed by atoms with Crippen molar-refractivity contribution in [1.82, 2.24) is 10.6 Å². The summed E-state index contributed by atoms with van der Waals surface area (Å²) in [5.41, 5.74) is -0.0189. The average molecular weight is 365 g/mol. The molecule has 140 valence electrons. The summed E-state index contributed by atoms with van der Waals surface area (Å²) in [6.45, 7) is 5.09. The molecule has 1 heterocycles. The summed E-state index contributed by atoms with van der Waals surface area (Å²) in [7, 11) is 0. The first-order valence-electron chi connectivity index (χ1n) is 7.89. The van der Waals surface area contributed by atoms with E-state index in [1.165, 1.54) is 13.0 Å². The van der Waals surface area contributed by atoms with Crippen LogP contribution in [0.25, 0.3) is 0 Å². The number of urea groups is 1. The van der Waals surface area contributed by atoms with Crippen LogP contribution in [0.4, 0.5) is 10.5 Å². The summed E-state index contributed by atoms with van der Waals surface area (Å²) in [4.78, 5) is 34.6. The Morgan fingerprint density at radius 1 is 1.35 bits per heavy atom. The lowest BCUT2D eigenvalue weighted by molar-refractivity contribution is -0.386. The van der Waals surface area contributed by atoms with Crippen LogP contribution in [-0.4, -0.2) is 35.2 Å². The minimum Gasteiger partial charge on any atom is -0.500 e. The maximum absolute atomic E-state index is 12.3. The van der Waals surface area contributed by atoms with Gasteiger partial charge < -0.3 is 25.2 Å². The molecule has 1 aliphatic rings. The fraction of sp³-hybridized carbons (Fsp3) is 0.375. The highest BCUT2D eigenvalue weighted by molar-refractivity contribution is 5.95. The van der Waals surface area contributed by atoms with E-state index in [1.54, 1.807) is 13.8 Å². The lowest BCUT2D eigenvalue weighted by atomic mass is 9.94. The van der Waals surface area contributed by atoms with Crippen LogP contribution in [-0.2, 0) is 9.53 Å². The van der Waals surface area contributed by atoms with Gasteiger partial charge in [0.2, 0.25) is 5.75 Å². The molecule has 2 amide bonds.